The quantitative estimate of drug-likeness (QED) is 0.552. The molecule has 1 aromatic carbocycles. The number of carbonyl (C=O) groups excluding carboxylic acids is 2. The van der Waals surface area contributed by atoms with Crippen molar-refractivity contribution in [2.24, 2.45) is 10.4 Å². The van der Waals surface area contributed by atoms with Gasteiger partial charge in [-0.15, -0.1) is 0 Å². The van der Waals surface area contributed by atoms with Gasteiger partial charge >= 0.3 is 12.0 Å². The molecule has 158 valence electrons. The third-order valence-corrected chi connectivity index (χ3v) is 4.99. The van der Waals surface area contributed by atoms with E-state index in [4.69, 9.17) is 9.73 Å². The van der Waals surface area contributed by atoms with E-state index in [2.05, 4.69) is 20.8 Å². The molecule has 0 saturated carbocycles. The summed E-state index contributed by atoms with van der Waals surface area (Å²) in [5.41, 5.74) is 4.63. The summed E-state index contributed by atoms with van der Waals surface area (Å²) in [5.74, 6) is -0.274. The zero-order valence-electron chi connectivity index (χ0n) is 18.9. The van der Waals surface area contributed by atoms with Crippen molar-refractivity contribution in [3.05, 3.63) is 46.7 Å². The van der Waals surface area contributed by atoms with Gasteiger partial charge in [-0.3, -0.25) is 19.6 Å². The molecule has 1 unspecified atom stereocenters. The summed E-state index contributed by atoms with van der Waals surface area (Å²) < 4.78 is 4.77. The molecule has 2 amide bonds. The van der Waals surface area contributed by atoms with E-state index in [1.165, 1.54) is 7.11 Å². The van der Waals surface area contributed by atoms with E-state index in [-0.39, 0.29) is 30.0 Å². The van der Waals surface area contributed by atoms with Gasteiger partial charge in [-0.25, -0.2) is 4.79 Å². The number of esters is 1. The lowest BCUT2D eigenvalue weighted by atomic mass is 9.96. The van der Waals surface area contributed by atoms with Crippen LogP contribution in [-0.2, 0) is 16.0 Å². The smallest absolute Gasteiger partial charge is 0.326 e. The highest BCUT2D eigenvalue weighted by Crippen LogP contribution is 2.30. The number of methoxy groups -OCH3 is 1. The van der Waals surface area contributed by atoms with Crippen LogP contribution in [0.3, 0.4) is 0 Å². The molecule has 29 heavy (non-hydrogen) atoms. The fourth-order valence-corrected chi connectivity index (χ4v) is 3.49. The Hall–Kier alpha value is -2.63. The van der Waals surface area contributed by atoms with Gasteiger partial charge in [0.2, 0.25) is 0 Å². The summed E-state index contributed by atoms with van der Waals surface area (Å²) >= 11 is 0. The Kier molecular flexibility index (Phi) is 6.88. The molecule has 6 heteroatoms. The Morgan fingerprint density at radius 3 is 2.52 bits per heavy atom. The van der Waals surface area contributed by atoms with Gasteiger partial charge < -0.3 is 4.74 Å². The summed E-state index contributed by atoms with van der Waals surface area (Å²) in [5, 5.41) is 0. The van der Waals surface area contributed by atoms with E-state index in [0.717, 1.165) is 28.1 Å². The van der Waals surface area contributed by atoms with Crippen LogP contribution >= 0.6 is 0 Å². The average molecular weight is 400 g/mol. The lowest BCUT2D eigenvalue weighted by Crippen LogP contribution is -2.35. The van der Waals surface area contributed by atoms with Gasteiger partial charge in [-0.1, -0.05) is 39.0 Å². The minimum absolute atomic E-state index is 0.0167. The van der Waals surface area contributed by atoms with Crippen molar-refractivity contribution in [1.29, 1.82) is 0 Å². The molecule has 0 radical (unpaired) electrons. The molecule has 1 heterocycles. The first kappa shape index (κ1) is 22.7. The van der Waals surface area contributed by atoms with E-state index in [1.54, 1.807) is 11.9 Å². The second-order valence-corrected chi connectivity index (χ2v) is 8.74. The number of carbonyl (C=O) groups is 2. The number of likely N-dealkylation sites (N-methyl/N-ethyl adjacent to an activating group) is 1. The molecule has 6 nitrogen and oxygen atoms in total. The van der Waals surface area contributed by atoms with Crippen molar-refractivity contribution in [1.82, 2.24) is 9.80 Å². The maximum Gasteiger partial charge on any atom is 0.326 e. The van der Waals surface area contributed by atoms with Gasteiger partial charge in [0.15, 0.2) is 6.17 Å². The van der Waals surface area contributed by atoms with E-state index < -0.39 is 0 Å². The zero-order valence-corrected chi connectivity index (χ0v) is 18.9. The number of hydrogen-bond donors (Lipinski definition) is 0. The Morgan fingerprint density at radius 2 is 1.97 bits per heavy atom. The number of allylic oxidation sites excluding steroid dienone is 1. The van der Waals surface area contributed by atoms with Gasteiger partial charge in [0.25, 0.3) is 0 Å². The van der Waals surface area contributed by atoms with Crippen LogP contribution in [-0.4, -0.2) is 54.4 Å². The second-order valence-electron chi connectivity index (χ2n) is 8.74. The molecule has 1 fully saturated rings. The fourth-order valence-electron chi connectivity index (χ4n) is 3.49. The minimum Gasteiger partial charge on any atom is -0.469 e. The van der Waals surface area contributed by atoms with Crippen LogP contribution < -0.4 is 0 Å². The van der Waals surface area contributed by atoms with Crippen molar-refractivity contribution < 1.29 is 14.3 Å². The van der Waals surface area contributed by atoms with Gasteiger partial charge in [0.1, 0.15) is 0 Å². The SMILES string of the molecule is CC=C1C(N=C(C)c2cc(CC(=O)OC)ccc2C)N(C)C(=O)N1CC(C)(C)C. The number of aryl methyl sites for hydroxylation is 1. The lowest BCUT2D eigenvalue weighted by Gasteiger charge is -2.26. The Labute approximate surface area is 174 Å². The second kappa shape index (κ2) is 8.80. The lowest BCUT2D eigenvalue weighted by molar-refractivity contribution is -0.139. The molecule has 0 aliphatic carbocycles. The number of urea groups is 1. The highest BCUT2D eigenvalue weighted by Gasteiger charge is 2.40. The molecule has 1 saturated heterocycles. The summed E-state index contributed by atoms with van der Waals surface area (Å²) in [6.45, 7) is 12.9. The van der Waals surface area contributed by atoms with E-state index >= 15 is 0 Å². The minimum atomic E-state index is -0.362. The first-order chi connectivity index (χ1) is 13.5. The van der Waals surface area contributed by atoms with Crippen LogP contribution in [0, 0.1) is 12.3 Å². The normalized spacial score (nSPS) is 19.3. The van der Waals surface area contributed by atoms with E-state index in [1.807, 2.05) is 49.9 Å². The predicted octanol–water partition coefficient (Wildman–Crippen LogP) is 4.16. The molecular formula is C23H33N3O3. The van der Waals surface area contributed by atoms with Crippen molar-refractivity contribution in [3.8, 4) is 0 Å². The predicted molar refractivity (Wildman–Crippen MR) is 116 cm³/mol. The zero-order chi connectivity index (χ0) is 21.9. The number of aliphatic imine (C=N–C) groups is 1. The topological polar surface area (TPSA) is 62.2 Å². The highest BCUT2D eigenvalue weighted by molar-refractivity contribution is 6.00. The van der Waals surface area contributed by atoms with Crippen molar-refractivity contribution in [2.45, 2.75) is 54.1 Å². The largest absolute Gasteiger partial charge is 0.469 e. The number of amides is 2. The molecule has 0 bridgehead atoms. The average Bonchev–Trinajstić information content (AvgIpc) is 2.85. The van der Waals surface area contributed by atoms with Crippen LogP contribution in [0.4, 0.5) is 4.79 Å². The van der Waals surface area contributed by atoms with E-state index in [9.17, 15) is 9.59 Å². The Bertz CT molecular complexity index is 849. The van der Waals surface area contributed by atoms with Crippen LogP contribution in [0.15, 0.2) is 35.0 Å². The summed E-state index contributed by atoms with van der Waals surface area (Å²) in [4.78, 5) is 32.9. The standard InChI is InChI=1S/C23H33N3O3/c1-9-19-21(25(7)22(28)26(19)14-23(4,5)6)24-16(3)18-12-17(11-10-15(18)2)13-20(27)29-8/h9-12,21H,13-14H2,1-8H3. The van der Waals surface area contributed by atoms with Crippen LogP contribution in [0.1, 0.15) is 51.3 Å². The molecule has 2 rings (SSSR count). The van der Waals surface area contributed by atoms with Gasteiger partial charge in [0.05, 0.1) is 19.2 Å². The number of hydrogen-bond acceptors (Lipinski definition) is 4. The van der Waals surface area contributed by atoms with Crippen molar-refractivity contribution in [2.75, 3.05) is 20.7 Å². The fraction of sp³-hybridized carbons (Fsp3) is 0.522. The maximum atomic E-state index is 12.8. The van der Waals surface area contributed by atoms with Crippen LogP contribution in [0.2, 0.25) is 0 Å². The molecule has 0 N–H and O–H groups in total. The molecule has 1 aliphatic rings. The Morgan fingerprint density at radius 1 is 1.31 bits per heavy atom. The number of rotatable bonds is 5. The first-order valence-corrected chi connectivity index (χ1v) is 9.90. The van der Waals surface area contributed by atoms with E-state index in [0.29, 0.717) is 6.54 Å². The Balaban J connectivity index is 2.38. The van der Waals surface area contributed by atoms with Gasteiger partial charge in [0, 0.05) is 19.3 Å². The summed E-state index contributed by atoms with van der Waals surface area (Å²) in [6.07, 6.45) is 1.83. The maximum absolute atomic E-state index is 12.8. The molecule has 1 atom stereocenters. The first-order valence-electron chi connectivity index (χ1n) is 9.90. The molecule has 1 aromatic rings. The van der Waals surface area contributed by atoms with Crippen LogP contribution in [0.25, 0.3) is 0 Å². The molecule has 1 aliphatic heterocycles. The molecule has 0 spiro atoms. The number of benzene rings is 1. The summed E-state index contributed by atoms with van der Waals surface area (Å²) in [7, 11) is 3.18. The van der Waals surface area contributed by atoms with Crippen molar-refractivity contribution >= 4 is 17.7 Å². The molecule has 0 aromatic heterocycles. The van der Waals surface area contributed by atoms with Gasteiger partial charge in [-0.05, 0) is 48.9 Å². The molecular weight excluding hydrogens is 366 g/mol. The number of nitrogens with zero attached hydrogens (tertiary/aromatic N) is 3. The third-order valence-electron chi connectivity index (χ3n) is 4.99. The monoisotopic (exact) mass is 399 g/mol. The summed E-state index contributed by atoms with van der Waals surface area (Å²) in [6, 6.07) is 5.85. The van der Waals surface area contributed by atoms with Crippen LogP contribution in [0.5, 0.6) is 0 Å². The highest BCUT2D eigenvalue weighted by atomic mass is 16.5. The van der Waals surface area contributed by atoms with Crippen molar-refractivity contribution in [3.63, 3.8) is 0 Å². The number of ether oxygens (including phenoxy) is 1. The van der Waals surface area contributed by atoms with Gasteiger partial charge in [-0.2, -0.15) is 0 Å². The third kappa shape index (κ3) is 5.25.